The molecule has 1 unspecified atom stereocenters. The molecule has 50 valence electrons. The highest BCUT2D eigenvalue weighted by molar-refractivity contribution is 9.09. The highest BCUT2D eigenvalue weighted by Gasteiger charge is 2.35. The van der Waals surface area contributed by atoms with Crippen molar-refractivity contribution in [1.29, 1.82) is 0 Å². The van der Waals surface area contributed by atoms with Gasteiger partial charge in [-0.25, -0.2) is 13.2 Å². The van der Waals surface area contributed by atoms with E-state index in [0.717, 1.165) is 0 Å². The van der Waals surface area contributed by atoms with Crippen LogP contribution in [0.15, 0.2) is 0 Å². The van der Waals surface area contributed by atoms with E-state index in [0.29, 0.717) is 0 Å². The predicted molar refractivity (Wildman–Crippen MR) is 29.1 cm³/mol. The second-order valence-electron chi connectivity index (χ2n) is 1.42. The molecule has 0 aromatic carbocycles. The van der Waals surface area contributed by atoms with Gasteiger partial charge in [-0.15, -0.1) is 0 Å². The van der Waals surface area contributed by atoms with Crippen LogP contribution >= 0.6 is 15.9 Å². The van der Waals surface area contributed by atoms with E-state index in [1.54, 1.807) is 0 Å². The van der Waals surface area contributed by atoms with Gasteiger partial charge in [0.15, 0.2) is 0 Å². The van der Waals surface area contributed by atoms with Crippen molar-refractivity contribution >= 4 is 15.9 Å². The van der Waals surface area contributed by atoms with Gasteiger partial charge in [0.25, 0.3) is 5.92 Å². The number of rotatable bonds is 2. The Morgan fingerprint density at radius 1 is 1.62 bits per heavy atom. The Morgan fingerprint density at radius 3 is 2.00 bits per heavy atom. The monoisotopic (exact) mass is 190 g/mol. The van der Waals surface area contributed by atoms with Crippen LogP contribution in [0.2, 0.25) is 0 Å². The summed E-state index contributed by atoms with van der Waals surface area (Å²) in [6.07, 6.45) is -0.473. The number of alkyl halides is 4. The first-order chi connectivity index (χ1) is 3.50. The van der Waals surface area contributed by atoms with Crippen LogP contribution in [0, 0.1) is 0 Å². The molecule has 0 aliphatic rings. The van der Waals surface area contributed by atoms with Gasteiger partial charge in [0.05, 0.1) is 0 Å². The lowest BCUT2D eigenvalue weighted by atomic mass is 10.3. The largest absolute Gasteiger partial charge is 0.288 e. The average molecular weight is 191 g/mol. The first-order valence-corrected chi connectivity index (χ1v) is 3.08. The van der Waals surface area contributed by atoms with Crippen molar-refractivity contribution in [2.45, 2.75) is 24.3 Å². The van der Waals surface area contributed by atoms with E-state index in [1.165, 1.54) is 6.92 Å². The van der Waals surface area contributed by atoms with Gasteiger partial charge in [0, 0.05) is 6.42 Å². The fourth-order valence-corrected chi connectivity index (χ4v) is 0.478. The standard InChI is InChI=1S/C4H6BrF3/c1-2-4(7,8)3(5)6/h3H,2H2,1H3. The summed E-state index contributed by atoms with van der Waals surface area (Å²) in [4.78, 5) is 0. The third kappa shape index (κ3) is 2.03. The highest BCUT2D eigenvalue weighted by atomic mass is 79.9. The van der Waals surface area contributed by atoms with Crippen molar-refractivity contribution in [1.82, 2.24) is 0 Å². The molecule has 1 atom stereocenters. The van der Waals surface area contributed by atoms with E-state index in [-0.39, 0.29) is 0 Å². The Hall–Kier alpha value is 0.270. The summed E-state index contributed by atoms with van der Waals surface area (Å²) in [5.41, 5.74) is 0. The van der Waals surface area contributed by atoms with E-state index in [9.17, 15) is 13.2 Å². The van der Waals surface area contributed by atoms with E-state index < -0.39 is 17.4 Å². The third-order valence-corrected chi connectivity index (χ3v) is 1.46. The van der Waals surface area contributed by atoms with E-state index in [2.05, 4.69) is 15.9 Å². The highest BCUT2D eigenvalue weighted by Crippen LogP contribution is 2.28. The normalized spacial score (nSPS) is 16.1. The minimum absolute atomic E-state index is 0.473. The summed E-state index contributed by atoms with van der Waals surface area (Å²) in [6, 6.07) is 0. The smallest absolute Gasteiger partial charge is 0.228 e. The number of hydrogen-bond donors (Lipinski definition) is 0. The van der Waals surface area contributed by atoms with Crippen molar-refractivity contribution in [3.8, 4) is 0 Å². The molecule has 0 saturated heterocycles. The summed E-state index contributed by atoms with van der Waals surface area (Å²) in [5.74, 6) is -3.21. The molecule has 0 aliphatic carbocycles. The quantitative estimate of drug-likeness (QED) is 0.588. The Balaban J connectivity index is 3.71. The van der Waals surface area contributed by atoms with Gasteiger partial charge in [-0.1, -0.05) is 6.92 Å². The molecule has 8 heavy (non-hydrogen) atoms. The van der Waals surface area contributed by atoms with Crippen LogP contribution < -0.4 is 0 Å². The summed E-state index contributed by atoms with van der Waals surface area (Å²) >= 11 is 2.14. The average Bonchev–Trinajstić information content (AvgIpc) is 1.67. The van der Waals surface area contributed by atoms with Crippen LogP contribution in [0.3, 0.4) is 0 Å². The zero-order valence-electron chi connectivity index (χ0n) is 4.30. The van der Waals surface area contributed by atoms with Crippen LogP contribution in [-0.4, -0.2) is 11.0 Å². The first-order valence-electron chi connectivity index (χ1n) is 2.16. The van der Waals surface area contributed by atoms with E-state index >= 15 is 0 Å². The molecule has 0 aromatic rings. The maximum absolute atomic E-state index is 11.9. The van der Waals surface area contributed by atoms with Crippen molar-refractivity contribution in [2.24, 2.45) is 0 Å². The number of hydrogen-bond acceptors (Lipinski definition) is 0. The third-order valence-electron chi connectivity index (χ3n) is 0.791. The molecule has 0 heterocycles. The van der Waals surface area contributed by atoms with E-state index in [4.69, 9.17) is 0 Å². The molecule has 0 aromatic heterocycles. The molecular weight excluding hydrogens is 185 g/mol. The predicted octanol–water partition coefficient (Wildman–Crippen LogP) is 2.72. The van der Waals surface area contributed by atoms with Crippen molar-refractivity contribution in [3.63, 3.8) is 0 Å². The van der Waals surface area contributed by atoms with Gasteiger partial charge in [-0.3, -0.25) is 0 Å². The Labute approximate surface area is 54.2 Å². The summed E-state index contributed by atoms with van der Waals surface area (Å²) in [5, 5.41) is -2.21. The topological polar surface area (TPSA) is 0 Å². The van der Waals surface area contributed by atoms with Gasteiger partial charge in [0.1, 0.15) is 0 Å². The maximum Gasteiger partial charge on any atom is 0.288 e. The second-order valence-corrected chi connectivity index (χ2v) is 2.22. The molecule has 4 heteroatoms. The Kier molecular flexibility index (Phi) is 2.80. The fraction of sp³-hybridized carbons (Fsp3) is 1.00. The van der Waals surface area contributed by atoms with Crippen LogP contribution in [-0.2, 0) is 0 Å². The zero-order valence-corrected chi connectivity index (χ0v) is 5.88. The molecule has 0 fully saturated rings. The summed E-state index contributed by atoms with van der Waals surface area (Å²) in [6.45, 7) is 1.23. The van der Waals surface area contributed by atoms with Crippen molar-refractivity contribution < 1.29 is 13.2 Å². The fourth-order valence-electron chi connectivity index (χ4n) is 0.154. The van der Waals surface area contributed by atoms with Gasteiger partial charge >= 0.3 is 0 Å². The number of halogens is 4. The molecule has 0 N–H and O–H groups in total. The van der Waals surface area contributed by atoms with Gasteiger partial charge in [-0.05, 0) is 15.9 Å². The zero-order chi connectivity index (χ0) is 6.78. The van der Waals surface area contributed by atoms with Crippen LogP contribution in [0.5, 0.6) is 0 Å². The molecule has 0 amide bonds. The Bertz CT molecular complexity index is 71.7. The molecule has 0 aliphatic heterocycles. The minimum atomic E-state index is -3.21. The second kappa shape index (κ2) is 2.71. The van der Waals surface area contributed by atoms with Gasteiger partial charge < -0.3 is 0 Å². The molecule has 0 saturated carbocycles. The van der Waals surface area contributed by atoms with E-state index in [1.807, 2.05) is 0 Å². The minimum Gasteiger partial charge on any atom is -0.228 e. The molecular formula is C4H6BrF3. The molecule has 0 nitrogen and oxygen atoms in total. The molecule has 0 spiro atoms. The summed E-state index contributed by atoms with van der Waals surface area (Å²) < 4.78 is 35.4. The van der Waals surface area contributed by atoms with Crippen LogP contribution in [0.4, 0.5) is 13.2 Å². The van der Waals surface area contributed by atoms with Crippen molar-refractivity contribution in [2.75, 3.05) is 0 Å². The molecule has 0 rings (SSSR count). The summed E-state index contributed by atoms with van der Waals surface area (Å²) in [7, 11) is 0. The van der Waals surface area contributed by atoms with Crippen molar-refractivity contribution in [3.05, 3.63) is 0 Å². The first kappa shape index (κ1) is 8.27. The Morgan fingerprint density at radius 2 is 2.00 bits per heavy atom. The lowest BCUT2D eigenvalue weighted by molar-refractivity contribution is -0.0374. The lowest BCUT2D eigenvalue weighted by Crippen LogP contribution is -2.23. The van der Waals surface area contributed by atoms with Crippen LogP contribution in [0.25, 0.3) is 0 Å². The maximum atomic E-state index is 11.9. The SMILES string of the molecule is CCC(F)(F)C(F)Br. The van der Waals surface area contributed by atoms with Gasteiger partial charge in [-0.2, -0.15) is 0 Å². The van der Waals surface area contributed by atoms with Crippen LogP contribution in [0.1, 0.15) is 13.3 Å². The van der Waals surface area contributed by atoms with Gasteiger partial charge in [0.2, 0.25) is 5.08 Å². The lowest BCUT2D eigenvalue weighted by Gasteiger charge is -2.12. The molecule has 0 bridgehead atoms. The molecule has 0 radical (unpaired) electrons.